The Kier molecular flexibility index (Phi) is 3.38. The average Bonchev–Trinajstić information content (AvgIpc) is 2.44. The van der Waals surface area contributed by atoms with Gasteiger partial charge < -0.3 is 4.74 Å². The number of benzene rings is 2. The van der Waals surface area contributed by atoms with Gasteiger partial charge in [-0.2, -0.15) is 0 Å². The van der Waals surface area contributed by atoms with Gasteiger partial charge in [-0.25, -0.2) is 8.78 Å². The zero-order valence-corrected chi connectivity index (χ0v) is 11.6. The third-order valence-corrected chi connectivity index (χ3v) is 3.95. The second-order valence-corrected chi connectivity index (χ2v) is 5.53. The van der Waals surface area contributed by atoms with Crippen LogP contribution in [-0.2, 0) is 0 Å². The number of rotatable bonds is 1. The lowest BCUT2D eigenvalue weighted by Gasteiger charge is -2.32. The van der Waals surface area contributed by atoms with E-state index in [9.17, 15) is 8.78 Å². The highest BCUT2D eigenvalue weighted by Gasteiger charge is 2.33. The second kappa shape index (κ2) is 5.06. The van der Waals surface area contributed by atoms with Gasteiger partial charge in [0.2, 0.25) is 0 Å². The number of hydrogen-bond acceptors (Lipinski definition) is 1. The summed E-state index contributed by atoms with van der Waals surface area (Å²) >= 11 is 5.88. The summed E-state index contributed by atoms with van der Waals surface area (Å²) in [4.78, 5) is 0. The van der Waals surface area contributed by atoms with Crippen LogP contribution in [0.25, 0.3) is 0 Å². The molecule has 0 amide bonds. The molecule has 1 unspecified atom stereocenters. The van der Waals surface area contributed by atoms with Gasteiger partial charge in [-0.05, 0) is 29.8 Å². The molecule has 1 aliphatic heterocycles. The first-order valence-corrected chi connectivity index (χ1v) is 6.82. The molecule has 2 aromatic rings. The first-order valence-electron chi connectivity index (χ1n) is 6.44. The fraction of sp³-hybridized carbons (Fsp3) is 0.250. The molecule has 0 N–H and O–H groups in total. The van der Waals surface area contributed by atoms with Crippen LogP contribution in [0, 0.1) is 17.6 Å². The summed E-state index contributed by atoms with van der Waals surface area (Å²) in [5, 5.41) is 0.619. The lowest BCUT2D eigenvalue weighted by Crippen LogP contribution is -2.26. The van der Waals surface area contributed by atoms with Crippen molar-refractivity contribution in [2.45, 2.75) is 12.8 Å². The number of ether oxygens (including phenoxy) is 1. The summed E-state index contributed by atoms with van der Waals surface area (Å²) < 4.78 is 33.4. The first-order chi connectivity index (χ1) is 9.58. The van der Waals surface area contributed by atoms with E-state index < -0.39 is 11.6 Å². The van der Waals surface area contributed by atoms with Crippen molar-refractivity contribution >= 4 is 11.6 Å². The van der Waals surface area contributed by atoms with Gasteiger partial charge in [-0.3, -0.25) is 0 Å². The molecule has 0 aliphatic carbocycles. The van der Waals surface area contributed by atoms with Crippen LogP contribution in [-0.4, -0.2) is 6.61 Å². The van der Waals surface area contributed by atoms with Crippen molar-refractivity contribution in [3.8, 4) is 5.75 Å². The van der Waals surface area contributed by atoms with Crippen molar-refractivity contribution in [3.63, 3.8) is 0 Å². The second-order valence-electron chi connectivity index (χ2n) is 5.09. The molecule has 104 valence electrons. The molecule has 0 spiro atoms. The van der Waals surface area contributed by atoms with E-state index in [2.05, 4.69) is 0 Å². The zero-order valence-electron chi connectivity index (χ0n) is 10.9. The van der Waals surface area contributed by atoms with Crippen LogP contribution < -0.4 is 4.74 Å². The normalized spacial score (nSPS) is 21.2. The minimum absolute atomic E-state index is 0.0306. The van der Waals surface area contributed by atoms with Gasteiger partial charge in [0.1, 0.15) is 5.82 Å². The Labute approximate surface area is 121 Å². The average molecular weight is 295 g/mol. The lowest BCUT2D eigenvalue weighted by molar-refractivity contribution is 0.204. The van der Waals surface area contributed by atoms with E-state index in [-0.39, 0.29) is 17.6 Å². The first kappa shape index (κ1) is 13.4. The molecule has 1 nitrogen and oxygen atoms in total. The molecule has 0 aromatic heterocycles. The molecular weight excluding hydrogens is 282 g/mol. The monoisotopic (exact) mass is 294 g/mol. The summed E-state index contributed by atoms with van der Waals surface area (Å²) in [6, 6.07) is 9.47. The van der Waals surface area contributed by atoms with E-state index in [1.165, 1.54) is 0 Å². The molecule has 1 heterocycles. The zero-order chi connectivity index (χ0) is 14.3. The highest BCUT2D eigenvalue weighted by molar-refractivity contribution is 6.30. The van der Waals surface area contributed by atoms with Gasteiger partial charge in [0.15, 0.2) is 11.6 Å². The van der Waals surface area contributed by atoms with Crippen molar-refractivity contribution in [2.24, 2.45) is 5.92 Å². The van der Waals surface area contributed by atoms with Crippen molar-refractivity contribution in [1.82, 2.24) is 0 Å². The van der Waals surface area contributed by atoms with Crippen molar-refractivity contribution < 1.29 is 13.5 Å². The van der Waals surface area contributed by atoms with E-state index >= 15 is 0 Å². The van der Waals surface area contributed by atoms with E-state index in [0.717, 1.165) is 17.7 Å². The molecule has 2 aromatic carbocycles. The van der Waals surface area contributed by atoms with Gasteiger partial charge in [-0.1, -0.05) is 30.7 Å². The summed E-state index contributed by atoms with van der Waals surface area (Å²) in [5.74, 6) is -1.10. The molecule has 3 rings (SSSR count). The predicted molar refractivity (Wildman–Crippen MR) is 74.3 cm³/mol. The lowest BCUT2D eigenvalue weighted by atomic mass is 9.80. The fourth-order valence-corrected chi connectivity index (χ4v) is 2.87. The third kappa shape index (κ3) is 2.16. The largest absolute Gasteiger partial charge is 0.490 e. The topological polar surface area (TPSA) is 9.23 Å². The van der Waals surface area contributed by atoms with Gasteiger partial charge >= 0.3 is 0 Å². The van der Waals surface area contributed by atoms with Crippen molar-refractivity contribution in [3.05, 3.63) is 64.2 Å². The van der Waals surface area contributed by atoms with E-state index in [1.807, 2.05) is 19.1 Å². The van der Waals surface area contributed by atoms with Crippen molar-refractivity contribution in [2.75, 3.05) is 6.61 Å². The van der Waals surface area contributed by atoms with Crippen LogP contribution in [0.1, 0.15) is 24.0 Å². The van der Waals surface area contributed by atoms with E-state index in [1.54, 1.807) is 12.1 Å². The Hall–Kier alpha value is -1.61. The molecule has 1 aliphatic rings. The molecular formula is C16H13ClF2O. The maximum Gasteiger partial charge on any atom is 0.165 e. The molecule has 0 fully saturated rings. The smallest absolute Gasteiger partial charge is 0.165 e. The minimum atomic E-state index is -0.521. The molecule has 0 bridgehead atoms. The van der Waals surface area contributed by atoms with Gasteiger partial charge in [0.05, 0.1) is 6.61 Å². The summed E-state index contributed by atoms with van der Waals surface area (Å²) in [6.45, 7) is 2.33. The van der Waals surface area contributed by atoms with Crippen LogP contribution in [0.3, 0.4) is 0 Å². The van der Waals surface area contributed by atoms with Crippen LogP contribution >= 0.6 is 11.6 Å². The Bertz CT molecular complexity index is 640. The number of halogens is 3. The fourth-order valence-electron chi connectivity index (χ4n) is 2.75. The molecule has 20 heavy (non-hydrogen) atoms. The minimum Gasteiger partial charge on any atom is -0.490 e. The standard InChI is InChI=1S/C16H13ClF2O/c1-9-8-20-16-13(19)7-6-12(18)15(16)14(9)10-2-4-11(17)5-3-10/h2-7,9,14H,8H2,1H3/t9-,14?/m0/s1. The van der Waals surface area contributed by atoms with Crippen LogP contribution in [0.4, 0.5) is 8.78 Å². The van der Waals surface area contributed by atoms with Crippen molar-refractivity contribution in [1.29, 1.82) is 0 Å². The summed E-state index contributed by atoms with van der Waals surface area (Å²) in [7, 11) is 0. The quantitative estimate of drug-likeness (QED) is 0.735. The summed E-state index contributed by atoms with van der Waals surface area (Å²) in [5.41, 5.74) is 1.21. The maximum absolute atomic E-state index is 14.2. The highest BCUT2D eigenvalue weighted by atomic mass is 35.5. The van der Waals surface area contributed by atoms with Crippen LogP contribution in [0.5, 0.6) is 5.75 Å². The molecule has 4 heteroatoms. The Morgan fingerprint density at radius 1 is 1.05 bits per heavy atom. The van der Waals surface area contributed by atoms with Gasteiger partial charge in [0.25, 0.3) is 0 Å². The van der Waals surface area contributed by atoms with Crippen LogP contribution in [0.15, 0.2) is 36.4 Å². The highest BCUT2D eigenvalue weighted by Crippen LogP contribution is 2.43. The molecule has 0 saturated heterocycles. The van der Waals surface area contributed by atoms with Gasteiger partial charge in [-0.15, -0.1) is 0 Å². The van der Waals surface area contributed by atoms with E-state index in [4.69, 9.17) is 16.3 Å². The predicted octanol–water partition coefficient (Wildman–Crippen LogP) is 4.78. The third-order valence-electron chi connectivity index (χ3n) is 3.69. The molecule has 0 saturated carbocycles. The Morgan fingerprint density at radius 2 is 1.70 bits per heavy atom. The van der Waals surface area contributed by atoms with E-state index in [0.29, 0.717) is 17.2 Å². The van der Waals surface area contributed by atoms with Gasteiger partial charge in [0, 0.05) is 22.4 Å². The molecule has 0 radical (unpaired) electrons. The number of hydrogen-bond donors (Lipinski definition) is 0. The molecule has 2 atom stereocenters. The maximum atomic E-state index is 14.2. The summed E-state index contributed by atoms with van der Waals surface area (Å²) in [6.07, 6.45) is 0. The Morgan fingerprint density at radius 3 is 2.40 bits per heavy atom. The van der Waals surface area contributed by atoms with Crippen LogP contribution in [0.2, 0.25) is 5.02 Å². The number of fused-ring (bicyclic) bond motifs is 1. The Balaban J connectivity index is 2.17. The SMILES string of the molecule is C[C@H]1COc2c(F)ccc(F)c2C1c1ccc(Cl)cc1.